The molecule has 10 heteroatoms. The molecule has 4 atom stereocenters. The van der Waals surface area contributed by atoms with Gasteiger partial charge in [0.1, 0.15) is 11.9 Å². The number of hydrogen-bond donors (Lipinski definition) is 1. The number of ether oxygens (including phenoxy) is 4. The third-order valence-corrected chi connectivity index (χ3v) is 6.44. The first-order chi connectivity index (χ1) is 16.9. The van der Waals surface area contributed by atoms with Gasteiger partial charge in [-0.25, -0.2) is 4.39 Å². The van der Waals surface area contributed by atoms with Gasteiger partial charge in [0, 0.05) is 19.9 Å². The van der Waals surface area contributed by atoms with E-state index >= 15 is 0 Å². The number of benzene rings is 2. The van der Waals surface area contributed by atoms with E-state index in [2.05, 4.69) is 5.32 Å². The number of carbonyl (C=O) groups is 1. The van der Waals surface area contributed by atoms with Crippen LogP contribution in [-0.4, -0.2) is 42.7 Å². The van der Waals surface area contributed by atoms with Crippen LogP contribution in [0, 0.1) is 5.82 Å². The highest BCUT2D eigenvalue weighted by molar-refractivity contribution is 5.85. The molecule has 0 radical (unpaired) electrons. The molecule has 0 spiro atoms. The van der Waals surface area contributed by atoms with Gasteiger partial charge in [0.05, 0.1) is 31.0 Å². The van der Waals surface area contributed by atoms with Crippen molar-refractivity contribution < 1.29 is 41.3 Å². The number of rotatable bonds is 7. The van der Waals surface area contributed by atoms with E-state index in [1.54, 1.807) is 26.0 Å². The van der Waals surface area contributed by atoms with Crippen LogP contribution in [0.5, 0.6) is 0 Å². The third kappa shape index (κ3) is 5.88. The molecule has 2 aromatic rings. The Bertz CT molecular complexity index is 1070. The molecule has 1 saturated heterocycles. The number of likely N-dealkylation sites (N-methyl/N-ethyl adjacent to an activating group) is 1. The summed E-state index contributed by atoms with van der Waals surface area (Å²) in [6.07, 6.45) is -5.82. The minimum Gasteiger partial charge on any atom is -0.371 e. The van der Waals surface area contributed by atoms with Crippen LogP contribution in [0.2, 0.25) is 0 Å². The monoisotopic (exact) mass is 511 g/mol. The molecule has 1 saturated carbocycles. The maximum absolute atomic E-state index is 13.7. The fourth-order valence-corrected chi connectivity index (χ4v) is 4.78. The minimum absolute atomic E-state index is 0.00350. The second-order valence-corrected chi connectivity index (χ2v) is 9.58. The van der Waals surface area contributed by atoms with Gasteiger partial charge in [-0.05, 0) is 49.2 Å². The first-order valence-electron chi connectivity index (χ1n) is 11.6. The van der Waals surface area contributed by atoms with Crippen molar-refractivity contribution in [1.82, 2.24) is 5.32 Å². The Morgan fingerprint density at radius 1 is 1.06 bits per heavy atom. The molecule has 6 nitrogen and oxygen atoms in total. The summed E-state index contributed by atoms with van der Waals surface area (Å²) < 4.78 is 76.8. The Kier molecular flexibility index (Phi) is 7.43. The van der Waals surface area contributed by atoms with E-state index in [1.165, 1.54) is 31.3 Å². The fourth-order valence-electron chi connectivity index (χ4n) is 4.78. The van der Waals surface area contributed by atoms with E-state index in [0.29, 0.717) is 11.1 Å². The van der Waals surface area contributed by atoms with Crippen LogP contribution in [-0.2, 0) is 43.1 Å². The molecule has 36 heavy (non-hydrogen) atoms. The molecular formula is C26H29F4NO5. The van der Waals surface area contributed by atoms with Gasteiger partial charge in [-0.15, -0.1) is 0 Å². The van der Waals surface area contributed by atoms with Crippen LogP contribution < -0.4 is 5.32 Å². The lowest BCUT2D eigenvalue weighted by molar-refractivity contribution is -0.183. The van der Waals surface area contributed by atoms with Gasteiger partial charge >= 0.3 is 6.18 Å². The molecule has 1 aliphatic heterocycles. The average Bonchev–Trinajstić information content (AvgIpc) is 3.14. The maximum atomic E-state index is 13.7. The van der Waals surface area contributed by atoms with Crippen molar-refractivity contribution in [2.75, 3.05) is 7.05 Å². The Labute approximate surface area is 206 Å². The smallest absolute Gasteiger partial charge is 0.371 e. The molecule has 1 unspecified atom stereocenters. The van der Waals surface area contributed by atoms with Crippen LogP contribution in [0.4, 0.5) is 17.6 Å². The summed E-state index contributed by atoms with van der Waals surface area (Å²) in [5.41, 5.74) is -1.000. The van der Waals surface area contributed by atoms with Crippen LogP contribution in [0.15, 0.2) is 48.5 Å². The molecule has 4 rings (SSSR count). The first kappa shape index (κ1) is 26.5. The number of amides is 1. The van der Waals surface area contributed by atoms with Crippen LogP contribution in [0.3, 0.4) is 0 Å². The van der Waals surface area contributed by atoms with Gasteiger partial charge in [-0.2, -0.15) is 13.2 Å². The normalized spacial score (nSPS) is 27.5. The van der Waals surface area contributed by atoms with E-state index in [4.69, 9.17) is 18.9 Å². The molecule has 1 N–H and O–H groups in total. The standard InChI is InChI=1S/C26H29F4NO5/c1-24(2)35-21-13-25(23(32)31-3,34-15-17-5-4-6-19(27)11-17)12-20(22(21)36-24)33-14-16-7-9-18(10-8-16)26(28,29)30/h4-11,20-22H,12-15H2,1-3H3,(H,31,32)/t20?,21-,22+,25-/m1/s1. The van der Waals surface area contributed by atoms with Crippen molar-refractivity contribution >= 4 is 5.91 Å². The van der Waals surface area contributed by atoms with Crippen molar-refractivity contribution in [1.29, 1.82) is 0 Å². The number of hydrogen-bond acceptors (Lipinski definition) is 5. The molecule has 1 aliphatic carbocycles. The number of alkyl halides is 3. The second kappa shape index (κ2) is 10.1. The Morgan fingerprint density at radius 3 is 2.42 bits per heavy atom. The predicted octanol–water partition coefficient (Wildman–Crippen LogP) is 4.75. The average molecular weight is 512 g/mol. The molecule has 2 fully saturated rings. The second-order valence-electron chi connectivity index (χ2n) is 9.58. The summed E-state index contributed by atoms with van der Waals surface area (Å²) in [5, 5.41) is 2.64. The Hall–Kier alpha value is -2.53. The largest absolute Gasteiger partial charge is 0.416 e. The lowest BCUT2D eigenvalue weighted by atomic mass is 9.78. The lowest BCUT2D eigenvalue weighted by Crippen LogP contribution is -2.59. The van der Waals surface area contributed by atoms with E-state index in [1.807, 2.05) is 0 Å². The third-order valence-electron chi connectivity index (χ3n) is 6.44. The zero-order valence-electron chi connectivity index (χ0n) is 20.2. The molecule has 196 valence electrons. The fraction of sp³-hybridized carbons (Fsp3) is 0.500. The molecule has 0 bridgehead atoms. The molecular weight excluding hydrogens is 482 g/mol. The molecule has 1 heterocycles. The van der Waals surface area contributed by atoms with Gasteiger partial charge in [0.25, 0.3) is 5.91 Å². The van der Waals surface area contributed by atoms with Crippen molar-refractivity contribution in [2.24, 2.45) is 0 Å². The first-order valence-corrected chi connectivity index (χ1v) is 11.6. The summed E-state index contributed by atoms with van der Waals surface area (Å²) in [7, 11) is 1.50. The van der Waals surface area contributed by atoms with Crippen molar-refractivity contribution in [3.63, 3.8) is 0 Å². The van der Waals surface area contributed by atoms with Gasteiger partial charge in [-0.1, -0.05) is 24.3 Å². The van der Waals surface area contributed by atoms with Crippen LogP contribution in [0.1, 0.15) is 43.4 Å². The summed E-state index contributed by atoms with van der Waals surface area (Å²) >= 11 is 0. The predicted molar refractivity (Wildman–Crippen MR) is 121 cm³/mol. The maximum Gasteiger partial charge on any atom is 0.416 e. The highest BCUT2D eigenvalue weighted by atomic mass is 19.4. The van der Waals surface area contributed by atoms with Gasteiger partial charge in [-0.3, -0.25) is 4.79 Å². The molecule has 2 aliphatic rings. The summed E-state index contributed by atoms with van der Waals surface area (Å²) in [4.78, 5) is 13.1. The van der Waals surface area contributed by atoms with E-state index in [0.717, 1.165) is 12.1 Å². The topological polar surface area (TPSA) is 66.0 Å². The van der Waals surface area contributed by atoms with Crippen LogP contribution in [0.25, 0.3) is 0 Å². The molecule has 2 aromatic carbocycles. The quantitative estimate of drug-likeness (QED) is 0.544. The molecule has 0 aromatic heterocycles. The summed E-state index contributed by atoms with van der Waals surface area (Å²) in [6.45, 7) is 3.50. The highest BCUT2D eigenvalue weighted by Crippen LogP contribution is 2.44. The van der Waals surface area contributed by atoms with E-state index in [-0.39, 0.29) is 32.0 Å². The minimum atomic E-state index is -4.43. The Morgan fingerprint density at radius 2 is 1.78 bits per heavy atom. The van der Waals surface area contributed by atoms with Crippen molar-refractivity contribution in [3.05, 3.63) is 71.0 Å². The van der Waals surface area contributed by atoms with Gasteiger partial charge in [0.2, 0.25) is 0 Å². The van der Waals surface area contributed by atoms with Crippen molar-refractivity contribution in [2.45, 2.75) is 75.8 Å². The SMILES string of the molecule is CNC(=O)[C@@]1(OCc2cccc(F)c2)CC(OCc2ccc(C(F)(F)F)cc2)[C@@H]2OC(C)(C)O[C@@H]2C1. The van der Waals surface area contributed by atoms with Gasteiger partial charge < -0.3 is 24.3 Å². The summed E-state index contributed by atoms with van der Waals surface area (Å²) in [6, 6.07) is 10.6. The number of halogens is 4. The van der Waals surface area contributed by atoms with Gasteiger partial charge in [0.15, 0.2) is 11.4 Å². The molecule has 1 amide bonds. The van der Waals surface area contributed by atoms with Crippen LogP contribution >= 0.6 is 0 Å². The highest BCUT2D eigenvalue weighted by Gasteiger charge is 2.57. The number of fused-ring (bicyclic) bond motifs is 1. The van der Waals surface area contributed by atoms with Crippen molar-refractivity contribution in [3.8, 4) is 0 Å². The van der Waals surface area contributed by atoms with E-state index < -0.39 is 47.3 Å². The number of carbonyl (C=O) groups excluding carboxylic acids is 1. The lowest BCUT2D eigenvalue weighted by Gasteiger charge is -2.43. The van der Waals surface area contributed by atoms with E-state index in [9.17, 15) is 22.4 Å². The number of nitrogens with one attached hydrogen (secondary N) is 1. The zero-order chi connectivity index (χ0) is 26.1. The summed E-state index contributed by atoms with van der Waals surface area (Å²) in [5.74, 6) is -1.72. The Balaban J connectivity index is 1.55. The zero-order valence-corrected chi connectivity index (χ0v) is 20.2.